The van der Waals surface area contributed by atoms with Crippen molar-refractivity contribution in [1.29, 1.82) is 0 Å². The van der Waals surface area contributed by atoms with Gasteiger partial charge in [-0.3, -0.25) is 4.79 Å². The van der Waals surface area contributed by atoms with Gasteiger partial charge in [0.25, 0.3) is 0 Å². The van der Waals surface area contributed by atoms with Gasteiger partial charge in [-0.15, -0.1) is 0 Å². The Morgan fingerprint density at radius 2 is 2.20 bits per heavy atom. The summed E-state index contributed by atoms with van der Waals surface area (Å²) in [5, 5.41) is 0. The van der Waals surface area contributed by atoms with Crippen LogP contribution in [-0.2, 0) is 0 Å². The lowest BCUT2D eigenvalue weighted by Crippen LogP contribution is -2.00. The van der Waals surface area contributed by atoms with Crippen LogP contribution in [0.25, 0.3) is 0 Å². The largest absolute Gasteiger partial charge is 0.497 e. The van der Waals surface area contributed by atoms with Crippen molar-refractivity contribution in [2.24, 2.45) is 0 Å². The van der Waals surface area contributed by atoms with Crippen molar-refractivity contribution in [3.05, 3.63) is 22.2 Å². The standard InChI is InChI=1S/C11H13BrO3/c1-3-4-15-11-8(7-13)5-9(14-2)6-10(11)12/h5-7H,3-4H2,1-2H3. The fourth-order valence-electron chi connectivity index (χ4n) is 1.15. The van der Waals surface area contributed by atoms with E-state index in [1.165, 1.54) is 0 Å². The summed E-state index contributed by atoms with van der Waals surface area (Å²) in [6.07, 6.45) is 1.66. The molecule has 0 heterocycles. The highest BCUT2D eigenvalue weighted by Crippen LogP contribution is 2.32. The Labute approximate surface area is 97.5 Å². The van der Waals surface area contributed by atoms with Gasteiger partial charge in [0, 0.05) is 0 Å². The van der Waals surface area contributed by atoms with Gasteiger partial charge in [0.15, 0.2) is 6.29 Å². The highest BCUT2D eigenvalue weighted by Gasteiger charge is 2.10. The molecular formula is C11H13BrO3. The fourth-order valence-corrected chi connectivity index (χ4v) is 1.72. The summed E-state index contributed by atoms with van der Waals surface area (Å²) < 4.78 is 11.3. The molecule has 1 aromatic rings. The summed E-state index contributed by atoms with van der Waals surface area (Å²) >= 11 is 3.35. The highest BCUT2D eigenvalue weighted by atomic mass is 79.9. The Bertz CT molecular complexity index is 350. The van der Waals surface area contributed by atoms with Gasteiger partial charge in [0.1, 0.15) is 11.5 Å². The number of methoxy groups -OCH3 is 1. The van der Waals surface area contributed by atoms with Crippen molar-refractivity contribution >= 4 is 22.2 Å². The van der Waals surface area contributed by atoms with E-state index in [4.69, 9.17) is 9.47 Å². The van der Waals surface area contributed by atoms with Crippen LogP contribution >= 0.6 is 15.9 Å². The van der Waals surface area contributed by atoms with E-state index in [9.17, 15) is 4.79 Å². The van der Waals surface area contributed by atoms with E-state index in [0.717, 1.165) is 17.2 Å². The zero-order valence-corrected chi connectivity index (χ0v) is 10.3. The second-order valence-electron chi connectivity index (χ2n) is 2.99. The van der Waals surface area contributed by atoms with Gasteiger partial charge < -0.3 is 9.47 Å². The Kier molecular flexibility index (Phi) is 4.62. The molecule has 0 fully saturated rings. The number of aldehydes is 1. The van der Waals surface area contributed by atoms with E-state index in [-0.39, 0.29) is 0 Å². The fraction of sp³-hybridized carbons (Fsp3) is 0.364. The van der Waals surface area contributed by atoms with Crippen molar-refractivity contribution in [2.75, 3.05) is 13.7 Å². The predicted molar refractivity (Wildman–Crippen MR) is 61.9 cm³/mol. The van der Waals surface area contributed by atoms with Crippen LogP contribution in [0.15, 0.2) is 16.6 Å². The van der Waals surface area contributed by atoms with Crippen LogP contribution < -0.4 is 9.47 Å². The van der Waals surface area contributed by atoms with Crippen LogP contribution in [0.2, 0.25) is 0 Å². The SMILES string of the molecule is CCCOc1c(Br)cc(OC)cc1C=O. The number of halogens is 1. The summed E-state index contributed by atoms with van der Waals surface area (Å²) in [6.45, 7) is 2.60. The smallest absolute Gasteiger partial charge is 0.153 e. The molecule has 4 heteroatoms. The Balaban J connectivity index is 3.07. The monoisotopic (exact) mass is 272 g/mol. The number of rotatable bonds is 5. The summed E-state index contributed by atoms with van der Waals surface area (Å²) in [5.41, 5.74) is 0.495. The van der Waals surface area contributed by atoms with Crippen LogP contribution in [-0.4, -0.2) is 20.0 Å². The Morgan fingerprint density at radius 3 is 2.73 bits per heavy atom. The zero-order chi connectivity index (χ0) is 11.3. The predicted octanol–water partition coefficient (Wildman–Crippen LogP) is 3.06. The summed E-state index contributed by atoms with van der Waals surface area (Å²) in [7, 11) is 1.56. The third-order valence-corrected chi connectivity index (χ3v) is 2.45. The van der Waals surface area contributed by atoms with Crippen molar-refractivity contribution in [2.45, 2.75) is 13.3 Å². The van der Waals surface area contributed by atoms with Crippen molar-refractivity contribution in [3.63, 3.8) is 0 Å². The molecule has 0 N–H and O–H groups in total. The lowest BCUT2D eigenvalue weighted by Gasteiger charge is -2.11. The van der Waals surface area contributed by atoms with Gasteiger partial charge in [0.2, 0.25) is 0 Å². The number of hydrogen-bond donors (Lipinski definition) is 0. The lowest BCUT2D eigenvalue weighted by molar-refractivity contribution is 0.111. The minimum absolute atomic E-state index is 0.495. The number of ether oxygens (including phenoxy) is 2. The van der Waals surface area contributed by atoms with Gasteiger partial charge in [-0.25, -0.2) is 0 Å². The van der Waals surface area contributed by atoms with E-state index < -0.39 is 0 Å². The molecule has 1 aromatic carbocycles. The third-order valence-electron chi connectivity index (χ3n) is 1.86. The molecule has 0 saturated heterocycles. The first-order chi connectivity index (χ1) is 7.22. The van der Waals surface area contributed by atoms with Gasteiger partial charge in [-0.1, -0.05) is 6.92 Å². The molecule has 0 amide bonds. The molecule has 0 atom stereocenters. The quantitative estimate of drug-likeness (QED) is 0.773. The number of benzene rings is 1. The summed E-state index contributed by atoms with van der Waals surface area (Å²) in [6, 6.07) is 3.43. The maximum absolute atomic E-state index is 10.9. The zero-order valence-electron chi connectivity index (χ0n) is 8.75. The van der Waals surface area contributed by atoms with Crippen molar-refractivity contribution < 1.29 is 14.3 Å². The van der Waals surface area contributed by atoms with Crippen molar-refractivity contribution in [3.8, 4) is 11.5 Å². The van der Waals surface area contributed by atoms with Crippen LogP contribution in [0.3, 0.4) is 0 Å². The van der Waals surface area contributed by atoms with Crippen LogP contribution in [0.4, 0.5) is 0 Å². The molecule has 0 aliphatic heterocycles. The van der Waals surface area contributed by atoms with Crippen molar-refractivity contribution in [1.82, 2.24) is 0 Å². The first kappa shape index (κ1) is 12.0. The molecule has 0 spiro atoms. The average molecular weight is 273 g/mol. The van der Waals surface area contributed by atoms with Crippen LogP contribution in [0.1, 0.15) is 23.7 Å². The topological polar surface area (TPSA) is 35.5 Å². The van der Waals surface area contributed by atoms with Gasteiger partial charge in [-0.05, 0) is 34.5 Å². The molecule has 0 aromatic heterocycles. The van der Waals surface area contributed by atoms with E-state index in [1.807, 2.05) is 6.92 Å². The molecule has 15 heavy (non-hydrogen) atoms. The van der Waals surface area contributed by atoms with E-state index in [1.54, 1.807) is 19.2 Å². The van der Waals surface area contributed by atoms with Gasteiger partial charge >= 0.3 is 0 Å². The van der Waals surface area contributed by atoms with E-state index >= 15 is 0 Å². The second-order valence-corrected chi connectivity index (χ2v) is 3.85. The normalized spacial score (nSPS) is 9.80. The minimum Gasteiger partial charge on any atom is -0.497 e. The third kappa shape index (κ3) is 2.96. The minimum atomic E-state index is 0.495. The molecule has 0 aliphatic carbocycles. The Hall–Kier alpha value is -1.03. The first-order valence-electron chi connectivity index (χ1n) is 4.68. The molecule has 0 radical (unpaired) electrons. The number of carbonyl (C=O) groups excluding carboxylic acids is 1. The number of hydrogen-bond acceptors (Lipinski definition) is 3. The molecule has 0 saturated carbocycles. The number of carbonyl (C=O) groups is 1. The molecule has 0 aliphatic rings. The molecular weight excluding hydrogens is 260 g/mol. The molecule has 82 valence electrons. The first-order valence-corrected chi connectivity index (χ1v) is 5.47. The van der Waals surface area contributed by atoms with Gasteiger partial charge in [0.05, 0.1) is 23.8 Å². The molecule has 1 rings (SSSR count). The maximum Gasteiger partial charge on any atom is 0.153 e. The Morgan fingerprint density at radius 1 is 1.47 bits per heavy atom. The van der Waals surface area contributed by atoms with Crippen LogP contribution in [0, 0.1) is 0 Å². The summed E-state index contributed by atoms with van der Waals surface area (Å²) in [5.74, 6) is 1.21. The highest BCUT2D eigenvalue weighted by molar-refractivity contribution is 9.10. The molecule has 0 unspecified atom stereocenters. The second kappa shape index (κ2) is 5.75. The van der Waals surface area contributed by atoms with E-state index in [0.29, 0.717) is 23.7 Å². The summed E-state index contributed by atoms with van der Waals surface area (Å²) in [4.78, 5) is 10.9. The van der Waals surface area contributed by atoms with E-state index in [2.05, 4.69) is 15.9 Å². The molecule has 0 bridgehead atoms. The maximum atomic E-state index is 10.9. The molecule has 3 nitrogen and oxygen atoms in total. The van der Waals surface area contributed by atoms with Gasteiger partial charge in [-0.2, -0.15) is 0 Å². The van der Waals surface area contributed by atoms with Crippen LogP contribution in [0.5, 0.6) is 11.5 Å². The average Bonchev–Trinajstić information content (AvgIpc) is 2.26. The lowest BCUT2D eigenvalue weighted by atomic mass is 10.2.